The summed E-state index contributed by atoms with van der Waals surface area (Å²) in [7, 11) is 1.60. The summed E-state index contributed by atoms with van der Waals surface area (Å²) in [5.41, 5.74) is 2.36. The number of anilines is 2. The number of hydrogen-bond acceptors (Lipinski definition) is 7. The van der Waals surface area contributed by atoms with Gasteiger partial charge in [0.25, 0.3) is 5.22 Å². The minimum atomic E-state index is -0.163. The number of thioether (sulfide) groups is 1. The summed E-state index contributed by atoms with van der Waals surface area (Å²) in [6, 6.07) is 12.9. The van der Waals surface area contributed by atoms with Gasteiger partial charge >= 0.3 is 0 Å². The number of ether oxygens (including phenoxy) is 1. The molecule has 1 aliphatic heterocycles. The third-order valence-corrected chi connectivity index (χ3v) is 5.86. The molecular formula is C21H21ClN4O3S. The number of methoxy groups -OCH3 is 1. The lowest BCUT2D eigenvalue weighted by Crippen LogP contribution is -2.22. The van der Waals surface area contributed by atoms with Crippen molar-refractivity contribution < 1.29 is 13.9 Å². The molecule has 1 fully saturated rings. The van der Waals surface area contributed by atoms with Gasteiger partial charge in [-0.05, 0) is 43.2 Å². The Morgan fingerprint density at radius 1 is 1.23 bits per heavy atom. The quantitative estimate of drug-likeness (QED) is 0.527. The SMILES string of the molecule is COc1cccc(-c2nnc(SCC(=O)Nc3cccc(Cl)c3N3CCCC3)o2)c1. The summed E-state index contributed by atoms with van der Waals surface area (Å²) in [4.78, 5) is 14.7. The van der Waals surface area contributed by atoms with E-state index < -0.39 is 0 Å². The number of nitrogens with one attached hydrogen (secondary N) is 1. The van der Waals surface area contributed by atoms with Crippen molar-refractivity contribution in [1.82, 2.24) is 10.2 Å². The van der Waals surface area contributed by atoms with Crippen LogP contribution < -0.4 is 15.0 Å². The first kappa shape index (κ1) is 20.6. The minimum Gasteiger partial charge on any atom is -0.497 e. The van der Waals surface area contributed by atoms with Gasteiger partial charge in [-0.1, -0.05) is 35.5 Å². The highest BCUT2D eigenvalue weighted by Gasteiger charge is 2.20. The molecule has 4 rings (SSSR count). The van der Waals surface area contributed by atoms with Crippen molar-refractivity contribution in [2.24, 2.45) is 0 Å². The molecule has 3 aromatic rings. The smallest absolute Gasteiger partial charge is 0.277 e. The lowest BCUT2D eigenvalue weighted by Gasteiger charge is -2.22. The second-order valence-corrected chi connectivity index (χ2v) is 8.11. The lowest BCUT2D eigenvalue weighted by atomic mass is 10.2. The third kappa shape index (κ3) is 4.71. The Morgan fingerprint density at radius 3 is 2.83 bits per heavy atom. The standard InChI is InChI=1S/C21H21ClN4O3S/c1-28-15-7-4-6-14(12-15)20-24-25-21(29-20)30-13-18(27)23-17-9-5-8-16(22)19(17)26-10-2-3-11-26/h4-9,12H,2-3,10-11,13H2,1H3,(H,23,27). The molecule has 0 bridgehead atoms. The van der Waals surface area contributed by atoms with Gasteiger partial charge in [0.15, 0.2) is 0 Å². The molecule has 9 heteroatoms. The predicted octanol–water partition coefficient (Wildman–Crippen LogP) is 4.73. The van der Waals surface area contributed by atoms with Gasteiger partial charge < -0.3 is 19.4 Å². The first-order valence-electron chi connectivity index (χ1n) is 9.58. The zero-order valence-electron chi connectivity index (χ0n) is 16.4. The van der Waals surface area contributed by atoms with E-state index in [0.717, 1.165) is 42.9 Å². The van der Waals surface area contributed by atoms with Gasteiger partial charge in [0.1, 0.15) is 5.75 Å². The number of carbonyl (C=O) groups is 1. The van der Waals surface area contributed by atoms with Gasteiger partial charge in [-0.3, -0.25) is 4.79 Å². The van der Waals surface area contributed by atoms with Crippen LogP contribution >= 0.6 is 23.4 Å². The summed E-state index contributed by atoms with van der Waals surface area (Å²) in [5.74, 6) is 1.06. The number of para-hydroxylation sites is 1. The summed E-state index contributed by atoms with van der Waals surface area (Å²) in [6.07, 6.45) is 2.25. The van der Waals surface area contributed by atoms with Crippen LogP contribution in [-0.2, 0) is 4.79 Å². The normalized spacial score (nSPS) is 13.5. The van der Waals surface area contributed by atoms with Crippen LogP contribution in [0.15, 0.2) is 52.1 Å². The van der Waals surface area contributed by atoms with Crippen LogP contribution in [0.4, 0.5) is 11.4 Å². The average molecular weight is 445 g/mol. The van der Waals surface area contributed by atoms with Gasteiger partial charge in [-0.15, -0.1) is 10.2 Å². The molecule has 0 spiro atoms. The highest BCUT2D eigenvalue weighted by Crippen LogP contribution is 2.36. The number of halogens is 1. The fraction of sp³-hybridized carbons (Fsp3) is 0.286. The lowest BCUT2D eigenvalue weighted by molar-refractivity contribution is -0.113. The maximum atomic E-state index is 12.5. The zero-order valence-corrected chi connectivity index (χ0v) is 18.0. The Labute approximate surface area is 183 Å². The van der Waals surface area contributed by atoms with Crippen molar-refractivity contribution >= 4 is 40.6 Å². The van der Waals surface area contributed by atoms with E-state index in [-0.39, 0.29) is 11.7 Å². The van der Waals surface area contributed by atoms with Crippen molar-refractivity contribution in [3.63, 3.8) is 0 Å². The van der Waals surface area contributed by atoms with Crippen LogP contribution in [0.25, 0.3) is 11.5 Å². The molecule has 1 saturated heterocycles. The van der Waals surface area contributed by atoms with Gasteiger partial charge in [-0.2, -0.15) is 0 Å². The van der Waals surface area contributed by atoms with Crippen molar-refractivity contribution in [1.29, 1.82) is 0 Å². The molecule has 2 aromatic carbocycles. The Balaban J connectivity index is 1.39. The number of nitrogens with zero attached hydrogens (tertiary/aromatic N) is 3. The van der Waals surface area contributed by atoms with E-state index in [1.54, 1.807) is 7.11 Å². The van der Waals surface area contributed by atoms with Crippen molar-refractivity contribution in [2.75, 3.05) is 36.2 Å². The summed E-state index contributed by atoms with van der Waals surface area (Å²) < 4.78 is 10.9. The monoisotopic (exact) mass is 444 g/mol. The molecule has 156 valence electrons. The second-order valence-electron chi connectivity index (χ2n) is 6.77. The molecule has 0 aliphatic carbocycles. The largest absolute Gasteiger partial charge is 0.497 e. The van der Waals surface area contributed by atoms with E-state index in [2.05, 4.69) is 20.4 Å². The molecule has 2 heterocycles. The Bertz CT molecular complexity index is 1040. The van der Waals surface area contributed by atoms with Gasteiger partial charge in [-0.25, -0.2) is 0 Å². The minimum absolute atomic E-state index is 0.145. The number of benzene rings is 2. The molecule has 1 amide bonds. The van der Waals surface area contributed by atoms with Crippen LogP contribution in [0.5, 0.6) is 5.75 Å². The van der Waals surface area contributed by atoms with E-state index in [9.17, 15) is 4.79 Å². The van der Waals surface area contributed by atoms with Crippen LogP contribution in [0.3, 0.4) is 0 Å². The fourth-order valence-electron chi connectivity index (χ4n) is 3.33. The molecule has 0 saturated carbocycles. The molecular weight excluding hydrogens is 424 g/mol. The Hall–Kier alpha value is -2.71. The van der Waals surface area contributed by atoms with Gasteiger partial charge in [0.05, 0.1) is 29.3 Å². The summed E-state index contributed by atoms with van der Waals surface area (Å²) in [5, 5.41) is 12.0. The number of aromatic nitrogens is 2. The summed E-state index contributed by atoms with van der Waals surface area (Å²) >= 11 is 7.59. The summed E-state index contributed by atoms with van der Waals surface area (Å²) in [6.45, 7) is 1.88. The van der Waals surface area contributed by atoms with Crippen LogP contribution in [0.2, 0.25) is 5.02 Å². The molecule has 7 nitrogen and oxygen atoms in total. The van der Waals surface area contributed by atoms with Crippen molar-refractivity contribution in [3.8, 4) is 17.2 Å². The molecule has 0 atom stereocenters. The van der Waals surface area contributed by atoms with Crippen molar-refractivity contribution in [2.45, 2.75) is 18.1 Å². The van der Waals surface area contributed by atoms with Crippen molar-refractivity contribution in [3.05, 3.63) is 47.5 Å². The van der Waals surface area contributed by atoms with E-state index in [0.29, 0.717) is 21.9 Å². The maximum Gasteiger partial charge on any atom is 0.277 e. The molecule has 0 radical (unpaired) electrons. The zero-order chi connectivity index (χ0) is 20.9. The van der Waals surface area contributed by atoms with Crippen LogP contribution in [0.1, 0.15) is 12.8 Å². The maximum absolute atomic E-state index is 12.5. The average Bonchev–Trinajstić information content (AvgIpc) is 3.45. The molecule has 1 N–H and O–H groups in total. The molecule has 30 heavy (non-hydrogen) atoms. The van der Waals surface area contributed by atoms with Gasteiger partial charge in [0.2, 0.25) is 11.8 Å². The molecule has 0 unspecified atom stereocenters. The van der Waals surface area contributed by atoms with E-state index in [1.807, 2.05) is 42.5 Å². The Kier molecular flexibility index (Phi) is 6.44. The number of hydrogen-bond donors (Lipinski definition) is 1. The van der Waals surface area contributed by atoms with E-state index in [1.165, 1.54) is 11.8 Å². The highest BCUT2D eigenvalue weighted by atomic mass is 35.5. The third-order valence-electron chi connectivity index (χ3n) is 4.73. The molecule has 1 aliphatic rings. The number of carbonyl (C=O) groups excluding carboxylic acids is 1. The van der Waals surface area contributed by atoms with E-state index >= 15 is 0 Å². The first-order chi connectivity index (χ1) is 14.6. The Morgan fingerprint density at radius 2 is 2.03 bits per heavy atom. The number of amides is 1. The predicted molar refractivity (Wildman–Crippen MR) is 119 cm³/mol. The van der Waals surface area contributed by atoms with E-state index in [4.69, 9.17) is 20.8 Å². The number of rotatable bonds is 7. The van der Waals surface area contributed by atoms with Crippen LogP contribution in [-0.4, -0.2) is 42.1 Å². The molecule has 1 aromatic heterocycles. The second kappa shape index (κ2) is 9.40. The fourth-order valence-corrected chi connectivity index (χ4v) is 4.19. The highest BCUT2D eigenvalue weighted by molar-refractivity contribution is 7.99. The van der Waals surface area contributed by atoms with Gasteiger partial charge in [0, 0.05) is 18.7 Å². The van der Waals surface area contributed by atoms with Crippen LogP contribution in [0, 0.1) is 0 Å². The topological polar surface area (TPSA) is 80.5 Å². The first-order valence-corrected chi connectivity index (χ1v) is 10.9.